The lowest BCUT2D eigenvalue weighted by molar-refractivity contribution is 0.315. The molecule has 4 rings (SSSR count). The second kappa shape index (κ2) is 7.43. The van der Waals surface area contributed by atoms with Gasteiger partial charge < -0.3 is 9.40 Å². The minimum atomic E-state index is -0.196. The van der Waals surface area contributed by atoms with Gasteiger partial charge >= 0.3 is 0 Å². The van der Waals surface area contributed by atoms with Crippen molar-refractivity contribution in [2.45, 2.75) is 13.1 Å². The molecule has 0 aliphatic heterocycles. The third-order valence-corrected chi connectivity index (χ3v) is 4.21. The summed E-state index contributed by atoms with van der Waals surface area (Å²) in [7, 11) is 2.05. The molecule has 0 radical (unpaired) electrons. The molecule has 7 nitrogen and oxygen atoms in total. The van der Waals surface area contributed by atoms with E-state index in [0.29, 0.717) is 11.5 Å². The zero-order valence-electron chi connectivity index (χ0n) is 14.8. The fourth-order valence-electron chi connectivity index (χ4n) is 3.00. The lowest BCUT2D eigenvalue weighted by Gasteiger charge is -2.16. The molecule has 3 aromatic heterocycles. The molecule has 7 heteroatoms. The van der Waals surface area contributed by atoms with Crippen LogP contribution < -0.4 is 5.56 Å². The first-order valence-corrected chi connectivity index (χ1v) is 8.57. The molecule has 0 atom stereocenters. The summed E-state index contributed by atoms with van der Waals surface area (Å²) in [5.41, 5.74) is 4.23. The van der Waals surface area contributed by atoms with E-state index in [9.17, 15) is 4.79 Å². The van der Waals surface area contributed by atoms with Gasteiger partial charge in [0, 0.05) is 42.2 Å². The molecule has 1 aromatic carbocycles. The fourth-order valence-corrected chi connectivity index (χ4v) is 3.00. The standard InChI is InChI=1S/C20H19N5O2/c1-25(12-17-5-7-21-24-17)11-14-3-2-4-15(9-14)20-22-18(10-19(26)23-20)16-6-8-27-13-16/h2-10,13H,11-12H2,1H3,(H,21,24)(H,22,23,26). The highest BCUT2D eigenvalue weighted by molar-refractivity contribution is 5.62. The summed E-state index contributed by atoms with van der Waals surface area (Å²) in [6.07, 6.45) is 4.89. The molecular formula is C20H19N5O2. The van der Waals surface area contributed by atoms with Crippen LogP contribution in [0.1, 0.15) is 11.3 Å². The fraction of sp³-hybridized carbons (Fsp3) is 0.150. The Morgan fingerprint density at radius 1 is 1.11 bits per heavy atom. The Balaban J connectivity index is 1.58. The summed E-state index contributed by atoms with van der Waals surface area (Å²) in [6.45, 7) is 1.54. The van der Waals surface area contributed by atoms with Crippen molar-refractivity contribution in [3.05, 3.63) is 82.8 Å². The number of aromatic nitrogens is 4. The largest absolute Gasteiger partial charge is 0.472 e. The smallest absolute Gasteiger partial charge is 0.251 e. The maximum atomic E-state index is 12.1. The van der Waals surface area contributed by atoms with E-state index in [0.717, 1.165) is 35.5 Å². The molecule has 0 saturated carbocycles. The molecule has 4 aromatic rings. The van der Waals surface area contributed by atoms with Crippen molar-refractivity contribution in [1.29, 1.82) is 0 Å². The minimum absolute atomic E-state index is 0.196. The number of rotatable bonds is 6. The van der Waals surface area contributed by atoms with Gasteiger partial charge in [-0.05, 0) is 30.8 Å². The predicted octanol–water partition coefficient (Wildman–Crippen LogP) is 3.05. The summed E-state index contributed by atoms with van der Waals surface area (Å²) in [5, 5.41) is 6.94. The van der Waals surface area contributed by atoms with Crippen molar-refractivity contribution in [2.24, 2.45) is 0 Å². The number of hydrogen-bond acceptors (Lipinski definition) is 5. The van der Waals surface area contributed by atoms with Crippen molar-refractivity contribution >= 4 is 0 Å². The van der Waals surface area contributed by atoms with Crippen LogP contribution in [0.3, 0.4) is 0 Å². The Hall–Kier alpha value is -3.45. The highest BCUT2D eigenvalue weighted by Gasteiger charge is 2.09. The number of nitrogens with zero attached hydrogens (tertiary/aromatic N) is 3. The van der Waals surface area contributed by atoms with Gasteiger partial charge in [-0.3, -0.25) is 14.8 Å². The van der Waals surface area contributed by atoms with Crippen LogP contribution in [-0.4, -0.2) is 32.1 Å². The van der Waals surface area contributed by atoms with E-state index in [4.69, 9.17) is 4.42 Å². The van der Waals surface area contributed by atoms with E-state index in [1.54, 1.807) is 24.8 Å². The molecule has 2 N–H and O–H groups in total. The number of nitrogens with one attached hydrogen (secondary N) is 2. The molecule has 0 fully saturated rings. The Morgan fingerprint density at radius 3 is 2.81 bits per heavy atom. The molecule has 0 aliphatic carbocycles. The average Bonchev–Trinajstić information content (AvgIpc) is 3.35. The van der Waals surface area contributed by atoms with E-state index in [1.807, 2.05) is 31.3 Å². The number of furan rings is 1. The first-order chi connectivity index (χ1) is 13.2. The Kier molecular flexibility index (Phi) is 4.67. The molecule has 0 bridgehead atoms. The van der Waals surface area contributed by atoms with Crippen LogP contribution in [-0.2, 0) is 13.1 Å². The van der Waals surface area contributed by atoms with Gasteiger partial charge in [-0.15, -0.1) is 0 Å². The molecule has 0 unspecified atom stereocenters. The van der Waals surface area contributed by atoms with Crippen molar-refractivity contribution in [3.63, 3.8) is 0 Å². The number of benzene rings is 1. The van der Waals surface area contributed by atoms with Crippen LogP contribution in [0.15, 0.2) is 70.4 Å². The van der Waals surface area contributed by atoms with Crippen molar-refractivity contribution in [2.75, 3.05) is 7.05 Å². The summed E-state index contributed by atoms with van der Waals surface area (Å²) < 4.78 is 5.10. The van der Waals surface area contributed by atoms with Crippen LogP contribution in [0.5, 0.6) is 0 Å². The summed E-state index contributed by atoms with van der Waals surface area (Å²) >= 11 is 0. The average molecular weight is 361 g/mol. The van der Waals surface area contributed by atoms with Gasteiger partial charge in [0.2, 0.25) is 0 Å². The molecule has 0 saturated heterocycles. The minimum Gasteiger partial charge on any atom is -0.472 e. The topological polar surface area (TPSA) is 90.8 Å². The van der Waals surface area contributed by atoms with Gasteiger partial charge in [-0.25, -0.2) is 4.98 Å². The normalized spacial score (nSPS) is 11.2. The van der Waals surface area contributed by atoms with E-state index in [1.165, 1.54) is 6.07 Å². The zero-order valence-corrected chi connectivity index (χ0v) is 14.8. The van der Waals surface area contributed by atoms with E-state index < -0.39 is 0 Å². The molecule has 136 valence electrons. The van der Waals surface area contributed by atoms with Crippen molar-refractivity contribution in [1.82, 2.24) is 25.1 Å². The third kappa shape index (κ3) is 4.04. The molecule has 3 heterocycles. The van der Waals surface area contributed by atoms with Crippen LogP contribution in [0.2, 0.25) is 0 Å². The summed E-state index contributed by atoms with van der Waals surface area (Å²) in [6, 6.07) is 13.2. The zero-order chi connectivity index (χ0) is 18.6. The third-order valence-electron chi connectivity index (χ3n) is 4.21. The molecule has 0 aliphatic rings. The Labute approximate surface area is 155 Å². The van der Waals surface area contributed by atoms with Gasteiger partial charge in [0.25, 0.3) is 5.56 Å². The highest BCUT2D eigenvalue weighted by atomic mass is 16.3. The van der Waals surface area contributed by atoms with Gasteiger partial charge in [0.15, 0.2) is 0 Å². The molecule has 0 amide bonds. The SMILES string of the molecule is CN(Cc1cccc(-c2nc(-c3ccoc3)cc(=O)[nH]2)c1)Cc1ccn[nH]1. The van der Waals surface area contributed by atoms with Crippen LogP contribution >= 0.6 is 0 Å². The highest BCUT2D eigenvalue weighted by Crippen LogP contribution is 2.21. The Bertz CT molecular complexity index is 1070. The first-order valence-electron chi connectivity index (χ1n) is 8.57. The number of aromatic amines is 2. The molecular weight excluding hydrogens is 342 g/mol. The van der Waals surface area contributed by atoms with Crippen molar-refractivity contribution < 1.29 is 4.42 Å². The van der Waals surface area contributed by atoms with Gasteiger partial charge in [-0.2, -0.15) is 5.10 Å². The molecule has 0 spiro atoms. The predicted molar refractivity (Wildman–Crippen MR) is 102 cm³/mol. The lowest BCUT2D eigenvalue weighted by Crippen LogP contribution is -2.17. The van der Waals surface area contributed by atoms with Crippen LogP contribution in [0, 0.1) is 0 Å². The quantitative estimate of drug-likeness (QED) is 0.551. The molecule has 27 heavy (non-hydrogen) atoms. The Morgan fingerprint density at radius 2 is 2.04 bits per heavy atom. The second-order valence-corrected chi connectivity index (χ2v) is 6.45. The maximum absolute atomic E-state index is 12.1. The monoisotopic (exact) mass is 361 g/mol. The second-order valence-electron chi connectivity index (χ2n) is 6.45. The van der Waals surface area contributed by atoms with Crippen LogP contribution in [0.25, 0.3) is 22.6 Å². The van der Waals surface area contributed by atoms with E-state index in [2.05, 4.69) is 31.1 Å². The maximum Gasteiger partial charge on any atom is 0.251 e. The lowest BCUT2D eigenvalue weighted by atomic mass is 10.1. The number of hydrogen-bond donors (Lipinski definition) is 2. The van der Waals surface area contributed by atoms with E-state index in [-0.39, 0.29) is 5.56 Å². The van der Waals surface area contributed by atoms with E-state index >= 15 is 0 Å². The van der Waals surface area contributed by atoms with Gasteiger partial charge in [-0.1, -0.05) is 18.2 Å². The van der Waals surface area contributed by atoms with Gasteiger partial charge in [0.1, 0.15) is 5.82 Å². The van der Waals surface area contributed by atoms with Crippen LogP contribution in [0.4, 0.5) is 0 Å². The summed E-state index contributed by atoms with van der Waals surface area (Å²) in [4.78, 5) is 21.7. The van der Waals surface area contributed by atoms with Crippen molar-refractivity contribution in [3.8, 4) is 22.6 Å². The van der Waals surface area contributed by atoms with Gasteiger partial charge in [0.05, 0.1) is 18.2 Å². The number of H-pyrrole nitrogens is 2. The summed E-state index contributed by atoms with van der Waals surface area (Å²) in [5.74, 6) is 0.539. The first kappa shape index (κ1) is 17.0.